The highest BCUT2D eigenvalue weighted by Gasteiger charge is 2.11. The van der Waals surface area contributed by atoms with E-state index in [1.54, 1.807) is 0 Å². The molecule has 0 aliphatic rings. The van der Waals surface area contributed by atoms with Crippen LogP contribution < -0.4 is 5.73 Å². The highest BCUT2D eigenvalue weighted by atomic mass is 35.5. The van der Waals surface area contributed by atoms with E-state index in [-0.39, 0.29) is 6.04 Å². The number of nitrogens with two attached hydrogens (primary N) is 1. The van der Waals surface area contributed by atoms with Crippen molar-refractivity contribution in [1.29, 1.82) is 0 Å². The van der Waals surface area contributed by atoms with E-state index in [9.17, 15) is 0 Å². The largest absolute Gasteiger partial charge is 0.436 e. The van der Waals surface area contributed by atoms with Gasteiger partial charge in [-0.05, 0) is 50.2 Å². The van der Waals surface area contributed by atoms with Gasteiger partial charge in [0, 0.05) is 10.9 Å². The summed E-state index contributed by atoms with van der Waals surface area (Å²) in [5.74, 6) is 0.834. The summed E-state index contributed by atoms with van der Waals surface area (Å²) in [4.78, 5) is 5.24. The first-order chi connectivity index (χ1) is 8.47. The molecule has 2 aromatic rings. The van der Waals surface area contributed by atoms with E-state index in [0.717, 1.165) is 21.9 Å². The van der Waals surface area contributed by atoms with Crippen molar-refractivity contribution in [3.05, 3.63) is 40.2 Å². The highest BCUT2D eigenvalue weighted by molar-refractivity contribution is 7.99. The molecule has 96 valence electrons. The smallest absolute Gasteiger partial charge is 0.261 e. The number of aryl methyl sites for hydroxylation is 2. The molecule has 0 bridgehead atoms. The molecule has 0 unspecified atom stereocenters. The number of oxazole rings is 1. The van der Waals surface area contributed by atoms with Gasteiger partial charge in [-0.25, -0.2) is 4.98 Å². The number of hydrogen-bond acceptors (Lipinski definition) is 4. The van der Waals surface area contributed by atoms with Crippen molar-refractivity contribution in [1.82, 2.24) is 4.98 Å². The van der Waals surface area contributed by atoms with Gasteiger partial charge < -0.3 is 10.2 Å². The summed E-state index contributed by atoms with van der Waals surface area (Å²) < 4.78 is 5.52. The molecule has 0 saturated carbocycles. The predicted octanol–water partition coefficient (Wildman–Crippen LogP) is 4.12. The first-order valence-corrected chi connectivity index (χ1v) is 6.83. The van der Waals surface area contributed by atoms with E-state index in [0.29, 0.717) is 10.2 Å². The predicted molar refractivity (Wildman–Crippen MR) is 74.2 cm³/mol. The van der Waals surface area contributed by atoms with Crippen molar-refractivity contribution in [2.45, 2.75) is 36.9 Å². The van der Waals surface area contributed by atoms with E-state index in [1.165, 1.54) is 11.8 Å². The molecule has 5 heteroatoms. The molecule has 0 amide bonds. The molecule has 0 radical (unpaired) electrons. The van der Waals surface area contributed by atoms with E-state index in [2.05, 4.69) is 4.98 Å². The average Bonchev–Trinajstić information content (AvgIpc) is 2.61. The molecule has 1 atom stereocenters. The maximum absolute atomic E-state index is 6.22. The topological polar surface area (TPSA) is 52.0 Å². The van der Waals surface area contributed by atoms with Crippen molar-refractivity contribution in [3.63, 3.8) is 0 Å². The van der Waals surface area contributed by atoms with Gasteiger partial charge >= 0.3 is 0 Å². The highest BCUT2D eigenvalue weighted by Crippen LogP contribution is 2.34. The Labute approximate surface area is 116 Å². The molecule has 1 aromatic carbocycles. The normalized spacial score (nSPS) is 12.7. The Morgan fingerprint density at radius 2 is 2.11 bits per heavy atom. The fourth-order valence-electron chi connectivity index (χ4n) is 1.46. The van der Waals surface area contributed by atoms with E-state index >= 15 is 0 Å². The standard InChI is InChI=1S/C13H15ClN2OS/c1-7(15)10-4-5-12(11(14)6-10)18-13-16-8(2)9(3)17-13/h4-7H,15H2,1-3H3/t7-/m1/s1. The third kappa shape index (κ3) is 2.88. The van der Waals surface area contributed by atoms with Gasteiger partial charge in [0.2, 0.25) is 0 Å². The van der Waals surface area contributed by atoms with Gasteiger partial charge in [-0.15, -0.1) is 0 Å². The van der Waals surface area contributed by atoms with Gasteiger partial charge in [0.05, 0.1) is 10.7 Å². The number of aromatic nitrogens is 1. The summed E-state index contributed by atoms with van der Waals surface area (Å²) in [6.07, 6.45) is 0. The van der Waals surface area contributed by atoms with Crippen LogP contribution in [-0.2, 0) is 0 Å². The van der Waals surface area contributed by atoms with Crippen molar-refractivity contribution in [2.75, 3.05) is 0 Å². The summed E-state index contributed by atoms with van der Waals surface area (Å²) in [6.45, 7) is 5.75. The molecular weight excluding hydrogens is 268 g/mol. The zero-order chi connectivity index (χ0) is 13.3. The Bertz CT molecular complexity index is 547. The average molecular weight is 283 g/mol. The first kappa shape index (κ1) is 13.5. The van der Waals surface area contributed by atoms with Crippen molar-refractivity contribution in [3.8, 4) is 0 Å². The van der Waals surface area contributed by atoms with Gasteiger partial charge in [0.1, 0.15) is 5.76 Å². The molecule has 3 nitrogen and oxygen atoms in total. The Kier molecular flexibility index (Phi) is 4.00. The van der Waals surface area contributed by atoms with Gasteiger partial charge in [-0.3, -0.25) is 0 Å². The van der Waals surface area contributed by atoms with Crippen LogP contribution in [0, 0.1) is 13.8 Å². The molecular formula is C13H15ClN2OS. The van der Waals surface area contributed by atoms with Crippen LogP contribution in [0.1, 0.15) is 30.0 Å². The Morgan fingerprint density at radius 1 is 1.39 bits per heavy atom. The van der Waals surface area contributed by atoms with Gasteiger partial charge in [0.15, 0.2) is 0 Å². The number of benzene rings is 1. The third-order valence-electron chi connectivity index (χ3n) is 2.69. The number of nitrogens with zero attached hydrogens (tertiary/aromatic N) is 1. The second-order valence-electron chi connectivity index (χ2n) is 4.20. The fraction of sp³-hybridized carbons (Fsp3) is 0.308. The monoisotopic (exact) mass is 282 g/mol. The number of rotatable bonds is 3. The molecule has 18 heavy (non-hydrogen) atoms. The summed E-state index contributed by atoms with van der Waals surface area (Å²) in [6, 6.07) is 5.78. The summed E-state index contributed by atoms with van der Waals surface area (Å²) in [5.41, 5.74) is 7.73. The zero-order valence-corrected chi connectivity index (χ0v) is 12.1. The molecule has 0 fully saturated rings. The minimum Gasteiger partial charge on any atom is -0.436 e. The van der Waals surface area contributed by atoms with E-state index < -0.39 is 0 Å². The minimum absolute atomic E-state index is 0.0206. The van der Waals surface area contributed by atoms with Gasteiger partial charge in [-0.1, -0.05) is 17.7 Å². The maximum Gasteiger partial charge on any atom is 0.261 e. The van der Waals surface area contributed by atoms with Crippen LogP contribution in [0.5, 0.6) is 0 Å². The second-order valence-corrected chi connectivity index (χ2v) is 5.60. The van der Waals surface area contributed by atoms with Gasteiger partial charge in [0.25, 0.3) is 5.22 Å². The van der Waals surface area contributed by atoms with Crippen LogP contribution in [0.4, 0.5) is 0 Å². The number of hydrogen-bond donors (Lipinski definition) is 1. The lowest BCUT2D eigenvalue weighted by Gasteiger charge is -2.08. The van der Waals surface area contributed by atoms with Crippen molar-refractivity contribution < 1.29 is 4.42 Å². The van der Waals surface area contributed by atoms with Crippen LogP contribution in [0.15, 0.2) is 32.7 Å². The lowest BCUT2D eigenvalue weighted by atomic mass is 10.1. The van der Waals surface area contributed by atoms with Crippen LogP contribution in [0.25, 0.3) is 0 Å². The van der Waals surface area contributed by atoms with Crippen molar-refractivity contribution >= 4 is 23.4 Å². The number of halogens is 1. The molecule has 2 rings (SSSR count). The second kappa shape index (κ2) is 5.34. The Balaban J connectivity index is 2.24. The molecule has 0 saturated heterocycles. The molecule has 1 aromatic heterocycles. The van der Waals surface area contributed by atoms with Crippen molar-refractivity contribution in [2.24, 2.45) is 5.73 Å². The van der Waals surface area contributed by atoms with Gasteiger partial charge in [-0.2, -0.15) is 0 Å². The van der Waals surface area contributed by atoms with Crippen LogP contribution in [0.2, 0.25) is 5.02 Å². The first-order valence-electron chi connectivity index (χ1n) is 5.64. The molecule has 0 spiro atoms. The SMILES string of the molecule is Cc1nc(Sc2ccc([C@@H](C)N)cc2Cl)oc1C. The lowest BCUT2D eigenvalue weighted by molar-refractivity contribution is 0.431. The summed E-state index contributed by atoms with van der Waals surface area (Å²) in [7, 11) is 0. The van der Waals surface area contributed by atoms with E-state index in [1.807, 2.05) is 39.0 Å². The quantitative estimate of drug-likeness (QED) is 0.920. The van der Waals surface area contributed by atoms with Crippen LogP contribution in [0.3, 0.4) is 0 Å². The molecule has 2 N–H and O–H groups in total. The maximum atomic E-state index is 6.22. The third-order valence-corrected chi connectivity index (χ3v) is 4.04. The Morgan fingerprint density at radius 3 is 2.61 bits per heavy atom. The lowest BCUT2D eigenvalue weighted by Crippen LogP contribution is -2.04. The zero-order valence-electron chi connectivity index (χ0n) is 10.5. The fourth-order valence-corrected chi connectivity index (χ4v) is 2.60. The molecule has 0 aliphatic carbocycles. The van der Waals surface area contributed by atoms with Crippen LogP contribution in [-0.4, -0.2) is 4.98 Å². The minimum atomic E-state index is -0.0206. The Hall–Kier alpha value is -0.970. The summed E-state index contributed by atoms with van der Waals surface area (Å²) >= 11 is 7.64. The van der Waals surface area contributed by atoms with Crippen LogP contribution >= 0.6 is 23.4 Å². The molecule has 0 aliphatic heterocycles. The summed E-state index contributed by atoms with van der Waals surface area (Å²) in [5, 5.41) is 1.28. The molecule has 1 heterocycles. The van der Waals surface area contributed by atoms with E-state index in [4.69, 9.17) is 21.8 Å².